The summed E-state index contributed by atoms with van der Waals surface area (Å²) >= 11 is 1.47. The van der Waals surface area contributed by atoms with Gasteiger partial charge in [-0.3, -0.25) is 4.79 Å². The second kappa shape index (κ2) is 10.6. The second-order valence-electron chi connectivity index (χ2n) is 9.15. The summed E-state index contributed by atoms with van der Waals surface area (Å²) in [6, 6.07) is 10.9. The maximum Gasteiger partial charge on any atom is 0.255 e. The summed E-state index contributed by atoms with van der Waals surface area (Å²) in [6.07, 6.45) is 10.8. The zero-order valence-electron chi connectivity index (χ0n) is 19.6. The first-order valence-corrected chi connectivity index (χ1v) is 14.7. The number of thioether (sulfide) groups is 1. The molecule has 2 aliphatic rings. The van der Waals surface area contributed by atoms with Gasteiger partial charge in [0.15, 0.2) is 0 Å². The summed E-state index contributed by atoms with van der Waals surface area (Å²) in [5.41, 5.74) is 4.17. The number of nitrogens with one attached hydrogen (secondary N) is 1. The fraction of sp³-hybridized carbons (Fsp3) is 0.500. The number of hydrogen-bond acceptors (Lipinski definition) is 4. The Hall–Kier alpha value is -1.83. The van der Waals surface area contributed by atoms with Gasteiger partial charge in [-0.25, -0.2) is 13.1 Å². The second-order valence-corrected chi connectivity index (χ2v) is 11.7. The van der Waals surface area contributed by atoms with Crippen molar-refractivity contribution >= 4 is 27.7 Å². The Morgan fingerprint density at radius 3 is 2.33 bits per heavy atom. The maximum absolute atomic E-state index is 13.3. The Bertz CT molecular complexity index is 1110. The number of amides is 1. The zero-order chi connectivity index (χ0) is 23.4. The molecule has 2 aromatic carbocycles. The molecule has 0 bridgehead atoms. The molecule has 1 aliphatic heterocycles. The molecule has 1 fully saturated rings. The molecule has 1 heterocycles. The monoisotopic (exact) mass is 486 g/mol. The minimum atomic E-state index is -3.78. The van der Waals surface area contributed by atoms with Crippen molar-refractivity contribution in [2.45, 2.75) is 74.1 Å². The van der Waals surface area contributed by atoms with Crippen molar-refractivity contribution in [2.75, 3.05) is 19.3 Å². The van der Waals surface area contributed by atoms with Crippen LogP contribution >= 0.6 is 11.8 Å². The van der Waals surface area contributed by atoms with Gasteiger partial charge in [0.25, 0.3) is 5.91 Å². The third-order valence-corrected chi connectivity index (χ3v) is 9.14. The van der Waals surface area contributed by atoms with E-state index in [0.29, 0.717) is 5.56 Å². The molecular formula is C26H34N2O3S2. The fourth-order valence-corrected chi connectivity index (χ4v) is 6.69. The Labute approximate surface area is 202 Å². The lowest BCUT2D eigenvalue weighted by Gasteiger charge is -2.22. The minimum absolute atomic E-state index is 0.0685. The number of benzene rings is 2. The van der Waals surface area contributed by atoms with Gasteiger partial charge in [0.2, 0.25) is 10.0 Å². The van der Waals surface area contributed by atoms with Crippen LogP contribution in [0.2, 0.25) is 0 Å². The van der Waals surface area contributed by atoms with Gasteiger partial charge in [-0.15, -0.1) is 11.8 Å². The number of carbonyl (C=O) groups excluding carboxylic acids is 1. The fourth-order valence-electron chi connectivity index (χ4n) is 4.86. The Morgan fingerprint density at radius 1 is 0.939 bits per heavy atom. The van der Waals surface area contributed by atoms with Crippen molar-refractivity contribution in [1.29, 1.82) is 0 Å². The van der Waals surface area contributed by atoms with Crippen molar-refractivity contribution in [3.8, 4) is 0 Å². The van der Waals surface area contributed by atoms with Gasteiger partial charge in [0.05, 0.1) is 10.5 Å². The van der Waals surface area contributed by atoms with Crippen LogP contribution in [0.15, 0.2) is 46.2 Å². The predicted octanol–water partition coefficient (Wildman–Crippen LogP) is 5.34. The molecule has 0 aromatic heterocycles. The zero-order valence-corrected chi connectivity index (χ0v) is 21.2. The van der Waals surface area contributed by atoms with Gasteiger partial charge < -0.3 is 4.90 Å². The molecule has 0 unspecified atom stereocenters. The number of hydrogen-bond donors (Lipinski definition) is 1. The average molecular weight is 487 g/mol. The molecule has 1 saturated heterocycles. The van der Waals surface area contributed by atoms with E-state index in [1.165, 1.54) is 35.7 Å². The lowest BCUT2D eigenvalue weighted by Crippen LogP contribution is -2.32. The summed E-state index contributed by atoms with van der Waals surface area (Å²) < 4.78 is 29.4. The highest BCUT2D eigenvalue weighted by Gasteiger charge is 2.25. The van der Waals surface area contributed by atoms with Crippen LogP contribution in [0.5, 0.6) is 0 Å². The smallest absolute Gasteiger partial charge is 0.255 e. The SMILES string of the molecule is CSc1ccc(S(=O)(=O)N[C@@H](C)c2ccc3c(c2)CCCC3)cc1C(=O)N1CCCCCC1. The van der Waals surface area contributed by atoms with Gasteiger partial charge in [0, 0.05) is 24.0 Å². The van der Waals surface area contributed by atoms with E-state index in [0.717, 1.165) is 62.1 Å². The molecule has 0 spiro atoms. The van der Waals surface area contributed by atoms with E-state index >= 15 is 0 Å². The van der Waals surface area contributed by atoms with E-state index in [1.54, 1.807) is 18.2 Å². The van der Waals surface area contributed by atoms with Crippen molar-refractivity contribution in [3.63, 3.8) is 0 Å². The van der Waals surface area contributed by atoms with Crippen LogP contribution in [0.3, 0.4) is 0 Å². The molecule has 5 nitrogen and oxygen atoms in total. The van der Waals surface area contributed by atoms with Crippen LogP contribution in [0, 0.1) is 0 Å². The number of carbonyl (C=O) groups is 1. The number of likely N-dealkylation sites (tertiary alicyclic amines) is 1. The van der Waals surface area contributed by atoms with Gasteiger partial charge in [-0.1, -0.05) is 31.0 Å². The molecule has 33 heavy (non-hydrogen) atoms. The van der Waals surface area contributed by atoms with Crippen molar-refractivity contribution in [2.24, 2.45) is 0 Å². The van der Waals surface area contributed by atoms with E-state index in [4.69, 9.17) is 0 Å². The molecular weight excluding hydrogens is 452 g/mol. The van der Waals surface area contributed by atoms with E-state index in [9.17, 15) is 13.2 Å². The van der Waals surface area contributed by atoms with Crippen molar-refractivity contribution < 1.29 is 13.2 Å². The first-order chi connectivity index (χ1) is 15.9. The van der Waals surface area contributed by atoms with E-state index in [2.05, 4.69) is 16.9 Å². The molecule has 7 heteroatoms. The lowest BCUT2D eigenvalue weighted by molar-refractivity contribution is 0.0758. The van der Waals surface area contributed by atoms with Gasteiger partial charge in [-0.2, -0.15) is 0 Å². The third-order valence-electron chi connectivity index (χ3n) is 6.81. The van der Waals surface area contributed by atoms with Gasteiger partial charge >= 0.3 is 0 Å². The number of aryl methyl sites for hydroxylation is 2. The van der Waals surface area contributed by atoms with Gasteiger partial charge in [-0.05, 0) is 86.6 Å². The lowest BCUT2D eigenvalue weighted by atomic mass is 9.89. The topological polar surface area (TPSA) is 66.5 Å². The third kappa shape index (κ3) is 5.64. The molecule has 0 saturated carbocycles. The Morgan fingerprint density at radius 2 is 1.64 bits per heavy atom. The number of sulfonamides is 1. The van der Waals surface area contributed by atoms with Gasteiger partial charge in [0.1, 0.15) is 0 Å². The van der Waals surface area contributed by atoms with E-state index < -0.39 is 10.0 Å². The number of rotatable bonds is 6. The molecule has 2 aromatic rings. The first-order valence-electron chi connectivity index (χ1n) is 12.0. The summed E-state index contributed by atoms with van der Waals surface area (Å²) in [5.74, 6) is -0.0685. The van der Waals surface area contributed by atoms with Crippen LogP contribution in [-0.2, 0) is 22.9 Å². The summed E-state index contributed by atoms with van der Waals surface area (Å²) in [5, 5.41) is 0. The highest BCUT2D eigenvalue weighted by molar-refractivity contribution is 7.98. The molecule has 1 aliphatic carbocycles. The molecule has 1 amide bonds. The molecule has 0 radical (unpaired) electrons. The summed E-state index contributed by atoms with van der Waals surface area (Å²) in [6.45, 7) is 3.34. The van der Waals surface area contributed by atoms with E-state index in [-0.39, 0.29) is 16.8 Å². The van der Waals surface area contributed by atoms with Crippen molar-refractivity contribution in [1.82, 2.24) is 9.62 Å². The van der Waals surface area contributed by atoms with E-state index in [1.807, 2.05) is 24.1 Å². The minimum Gasteiger partial charge on any atom is -0.339 e. The standard InChI is InChI=1S/C26H34N2O3S2/c1-19(21-12-11-20-9-5-6-10-22(20)17-21)27-33(30,31)23-13-14-25(32-2)24(18-23)26(29)28-15-7-3-4-8-16-28/h11-14,17-19,27H,3-10,15-16H2,1-2H3/t19-/m0/s1. The highest BCUT2D eigenvalue weighted by Crippen LogP contribution is 2.28. The maximum atomic E-state index is 13.3. The Balaban J connectivity index is 1.57. The predicted molar refractivity (Wildman–Crippen MR) is 134 cm³/mol. The highest BCUT2D eigenvalue weighted by atomic mass is 32.2. The molecule has 1 atom stereocenters. The summed E-state index contributed by atoms with van der Waals surface area (Å²) in [7, 11) is -3.78. The van der Waals surface area contributed by atoms with Crippen LogP contribution in [0.25, 0.3) is 0 Å². The van der Waals surface area contributed by atoms with Crippen LogP contribution < -0.4 is 4.72 Å². The van der Waals surface area contributed by atoms with Crippen LogP contribution in [0.1, 0.15) is 78.5 Å². The van der Waals surface area contributed by atoms with Crippen LogP contribution in [0.4, 0.5) is 0 Å². The average Bonchev–Trinajstić information content (AvgIpc) is 3.12. The molecule has 4 rings (SSSR count). The quantitative estimate of drug-likeness (QED) is 0.560. The number of fused-ring (bicyclic) bond motifs is 1. The molecule has 1 N–H and O–H groups in total. The first kappa shape index (κ1) is 24.3. The Kier molecular flexibility index (Phi) is 7.82. The number of nitrogens with zero attached hydrogens (tertiary/aromatic N) is 1. The summed E-state index contributed by atoms with van der Waals surface area (Å²) in [4.78, 5) is 16.1. The largest absolute Gasteiger partial charge is 0.339 e. The molecule has 178 valence electrons. The van der Waals surface area contributed by atoms with Crippen molar-refractivity contribution in [3.05, 3.63) is 58.7 Å². The van der Waals surface area contributed by atoms with Crippen LogP contribution in [-0.4, -0.2) is 38.6 Å². The normalized spacial score (nSPS) is 17.8.